The molecule has 1 aromatic carbocycles. The lowest BCUT2D eigenvalue weighted by Crippen LogP contribution is -2.03. The van der Waals surface area contributed by atoms with E-state index in [-0.39, 0.29) is 13.2 Å². The van der Waals surface area contributed by atoms with Crippen molar-refractivity contribution in [3.8, 4) is 5.40 Å². The van der Waals surface area contributed by atoms with Crippen molar-refractivity contribution in [2.24, 2.45) is 0 Å². The third-order valence-electron chi connectivity index (χ3n) is 2.22. The molecule has 0 amide bonds. The molecule has 0 bridgehead atoms. The van der Waals surface area contributed by atoms with Crippen LogP contribution in [0.3, 0.4) is 0 Å². The second-order valence-electron chi connectivity index (χ2n) is 3.49. The number of benzene rings is 1. The summed E-state index contributed by atoms with van der Waals surface area (Å²) in [5.41, 5.74) is 0.696. The Morgan fingerprint density at radius 1 is 1.32 bits per heavy atom. The maximum Gasteiger partial charge on any atom is 0.349 e. The quantitative estimate of drug-likeness (QED) is 0.532. The van der Waals surface area contributed by atoms with E-state index in [2.05, 4.69) is 0 Å². The summed E-state index contributed by atoms with van der Waals surface area (Å²) in [7, 11) is -3.39. The van der Waals surface area contributed by atoms with E-state index in [0.29, 0.717) is 10.6 Å². The summed E-state index contributed by atoms with van der Waals surface area (Å²) in [4.78, 5) is -0.672. The van der Waals surface area contributed by atoms with Gasteiger partial charge >= 0.3 is 7.60 Å². The van der Waals surface area contributed by atoms with Crippen LogP contribution in [0.1, 0.15) is 24.4 Å². The molecule has 0 N–H and O–H groups in total. The van der Waals surface area contributed by atoms with Crippen molar-refractivity contribution in [1.82, 2.24) is 0 Å². The Bertz CT molecular complexity index is 479. The van der Waals surface area contributed by atoms with Gasteiger partial charge in [0, 0.05) is 5.02 Å². The fraction of sp³-hybridized carbons (Fsp3) is 0.417. The summed E-state index contributed by atoms with van der Waals surface area (Å²) >= 11 is 6.70. The van der Waals surface area contributed by atoms with Gasteiger partial charge in [0.15, 0.2) is 0 Å². The monoisotopic (exact) mass is 319 g/mol. The first kappa shape index (κ1) is 16.6. The molecule has 0 fully saturated rings. The summed E-state index contributed by atoms with van der Waals surface area (Å²) in [6.45, 7) is 3.99. The Morgan fingerprint density at radius 3 is 2.26 bits per heavy atom. The van der Waals surface area contributed by atoms with E-state index >= 15 is 0 Å². The Kier molecular flexibility index (Phi) is 6.92. The van der Waals surface area contributed by atoms with E-state index in [4.69, 9.17) is 25.9 Å². The second-order valence-corrected chi connectivity index (χ2v) is 7.28. The zero-order valence-electron chi connectivity index (χ0n) is 10.7. The van der Waals surface area contributed by atoms with Gasteiger partial charge in [-0.05, 0) is 43.3 Å². The lowest BCUT2D eigenvalue weighted by Gasteiger charge is -2.24. The molecule has 1 rings (SSSR count). The fourth-order valence-corrected chi connectivity index (χ4v) is 4.67. The molecule has 7 heteroatoms. The Balaban J connectivity index is 3.13. The molecule has 1 unspecified atom stereocenters. The number of rotatable bonds is 7. The van der Waals surface area contributed by atoms with Gasteiger partial charge in [-0.15, -0.1) is 0 Å². The largest absolute Gasteiger partial charge is 0.349 e. The molecule has 0 aliphatic heterocycles. The number of hydrogen-bond donors (Lipinski definition) is 0. The molecule has 0 radical (unpaired) electrons. The Labute approximate surface area is 122 Å². The van der Waals surface area contributed by atoms with Crippen LogP contribution in [0, 0.1) is 10.7 Å². The third kappa shape index (κ3) is 4.52. The molecule has 0 aliphatic rings. The molecule has 4 nitrogen and oxygen atoms in total. The zero-order chi connectivity index (χ0) is 14.3. The molecular weight excluding hydrogens is 305 g/mol. The number of thioether (sulfide) groups is 1. The van der Waals surface area contributed by atoms with Crippen LogP contribution < -0.4 is 0 Å². The van der Waals surface area contributed by atoms with Gasteiger partial charge in [-0.2, -0.15) is 5.26 Å². The molecule has 1 aromatic rings. The van der Waals surface area contributed by atoms with Crippen molar-refractivity contribution in [1.29, 1.82) is 5.26 Å². The van der Waals surface area contributed by atoms with Crippen molar-refractivity contribution < 1.29 is 13.6 Å². The lowest BCUT2D eigenvalue weighted by atomic mass is 10.2. The van der Waals surface area contributed by atoms with Crippen molar-refractivity contribution in [3.63, 3.8) is 0 Å². The molecule has 0 spiro atoms. The summed E-state index contributed by atoms with van der Waals surface area (Å²) < 4.78 is 23.3. The van der Waals surface area contributed by atoms with Gasteiger partial charge < -0.3 is 9.05 Å². The smallest absolute Gasteiger partial charge is 0.308 e. The van der Waals surface area contributed by atoms with Crippen LogP contribution in [0.15, 0.2) is 24.3 Å². The predicted molar refractivity (Wildman–Crippen MR) is 78.3 cm³/mol. The summed E-state index contributed by atoms with van der Waals surface area (Å²) in [5.74, 6) is 0. The van der Waals surface area contributed by atoms with Gasteiger partial charge in [-0.3, -0.25) is 4.57 Å². The molecule has 1 atom stereocenters. The average molecular weight is 320 g/mol. The first-order chi connectivity index (χ1) is 9.07. The van der Waals surface area contributed by atoms with E-state index in [1.54, 1.807) is 38.1 Å². The van der Waals surface area contributed by atoms with Crippen LogP contribution in [0.25, 0.3) is 0 Å². The molecule has 0 aliphatic carbocycles. The Hall–Kier alpha value is -0.500. The second kappa shape index (κ2) is 7.94. The van der Waals surface area contributed by atoms with Gasteiger partial charge in [-0.1, -0.05) is 23.7 Å². The van der Waals surface area contributed by atoms with Crippen molar-refractivity contribution in [3.05, 3.63) is 34.9 Å². The zero-order valence-corrected chi connectivity index (χ0v) is 13.2. The first-order valence-corrected chi connectivity index (χ1v) is 8.63. The van der Waals surface area contributed by atoms with Gasteiger partial charge in [-0.25, -0.2) is 0 Å². The average Bonchev–Trinajstić information content (AvgIpc) is 2.38. The van der Waals surface area contributed by atoms with Gasteiger partial charge in [0.2, 0.25) is 0 Å². The molecule has 0 heterocycles. The third-order valence-corrected chi connectivity index (χ3v) is 6.28. The number of nitrogens with zero attached hydrogens (tertiary/aromatic N) is 1. The normalized spacial score (nSPS) is 12.9. The van der Waals surface area contributed by atoms with Crippen LogP contribution in [0.4, 0.5) is 0 Å². The lowest BCUT2D eigenvalue weighted by molar-refractivity contribution is 0.218. The highest BCUT2D eigenvalue weighted by molar-refractivity contribution is 8.08. The van der Waals surface area contributed by atoms with Gasteiger partial charge in [0.05, 0.1) is 13.2 Å². The number of hydrogen-bond acceptors (Lipinski definition) is 5. The SMILES string of the molecule is CCOP(=O)(OCC)C(SC#N)c1ccc(Cl)cc1. The van der Waals surface area contributed by atoms with Crippen LogP contribution in [-0.4, -0.2) is 13.2 Å². The number of nitriles is 1. The van der Waals surface area contributed by atoms with Gasteiger partial charge in [0.25, 0.3) is 0 Å². The van der Waals surface area contributed by atoms with Gasteiger partial charge in [0.1, 0.15) is 10.4 Å². The van der Waals surface area contributed by atoms with Crippen molar-refractivity contribution in [2.75, 3.05) is 13.2 Å². The van der Waals surface area contributed by atoms with Crippen molar-refractivity contribution in [2.45, 2.75) is 18.8 Å². The van der Waals surface area contributed by atoms with Crippen LogP contribution in [0.2, 0.25) is 5.02 Å². The fourth-order valence-electron chi connectivity index (χ4n) is 1.53. The minimum atomic E-state index is -3.39. The van der Waals surface area contributed by atoms with E-state index in [0.717, 1.165) is 11.8 Å². The van der Waals surface area contributed by atoms with E-state index in [1.807, 2.05) is 5.40 Å². The van der Waals surface area contributed by atoms with E-state index in [9.17, 15) is 4.57 Å². The summed E-state index contributed by atoms with van der Waals surface area (Å²) in [6, 6.07) is 6.82. The number of halogens is 1. The summed E-state index contributed by atoms with van der Waals surface area (Å²) in [5, 5.41) is 11.4. The van der Waals surface area contributed by atoms with E-state index in [1.165, 1.54) is 0 Å². The number of thiocyanates is 1. The van der Waals surface area contributed by atoms with Crippen LogP contribution >= 0.6 is 31.0 Å². The van der Waals surface area contributed by atoms with Crippen LogP contribution in [-0.2, 0) is 13.6 Å². The predicted octanol–water partition coefficient (Wildman–Crippen LogP) is 4.82. The highest BCUT2D eigenvalue weighted by atomic mass is 35.5. The maximum atomic E-state index is 12.7. The molecule has 0 aromatic heterocycles. The topological polar surface area (TPSA) is 59.3 Å². The van der Waals surface area contributed by atoms with Crippen LogP contribution in [0.5, 0.6) is 0 Å². The van der Waals surface area contributed by atoms with E-state index < -0.39 is 12.6 Å². The van der Waals surface area contributed by atoms with Crippen molar-refractivity contribution >= 4 is 31.0 Å². The molecule has 0 saturated carbocycles. The molecular formula is C12H15ClNO3PS. The highest BCUT2D eigenvalue weighted by Gasteiger charge is 2.37. The standard InChI is InChI=1S/C12H15ClNO3PS/c1-3-16-18(15,17-4-2)12(19-9-14)10-5-7-11(13)8-6-10/h5-8,12H,3-4H2,1-2H3. The highest BCUT2D eigenvalue weighted by Crippen LogP contribution is 2.65. The first-order valence-electron chi connectivity index (χ1n) is 5.76. The summed E-state index contributed by atoms with van der Waals surface area (Å²) in [6.07, 6.45) is 0. The molecule has 0 saturated heterocycles. The minimum absolute atomic E-state index is 0.257. The Morgan fingerprint density at radius 2 is 1.84 bits per heavy atom. The molecule has 19 heavy (non-hydrogen) atoms. The molecule has 104 valence electrons. The maximum absolute atomic E-state index is 12.7. The minimum Gasteiger partial charge on any atom is -0.308 e.